The zero-order chi connectivity index (χ0) is 14.1. The molecule has 0 aliphatic rings. The average Bonchev–Trinajstić information content (AvgIpc) is 2.49. The summed E-state index contributed by atoms with van der Waals surface area (Å²) in [5.41, 5.74) is 8.37. The third kappa shape index (κ3) is 2.14. The number of halogens is 2. The number of fused-ring (bicyclic) bond motifs is 1. The molecule has 3 rings (SSSR count). The fraction of sp³-hybridized carbons (Fsp3) is 0.0625. The number of nitrogens with two attached hydrogens (primary N) is 1. The van der Waals surface area contributed by atoms with E-state index in [-0.39, 0.29) is 0 Å². The van der Waals surface area contributed by atoms with Gasteiger partial charge in [-0.1, -0.05) is 24.3 Å². The molecule has 100 valence electrons. The molecule has 0 bridgehead atoms. The van der Waals surface area contributed by atoms with E-state index in [9.17, 15) is 8.78 Å². The van der Waals surface area contributed by atoms with Crippen LogP contribution in [0.15, 0.2) is 54.7 Å². The van der Waals surface area contributed by atoms with Gasteiger partial charge in [-0.15, -0.1) is 0 Å². The lowest BCUT2D eigenvalue weighted by molar-refractivity contribution is 0.506. The molecule has 0 fully saturated rings. The molecule has 1 atom stereocenters. The Hall–Kier alpha value is -2.33. The maximum atomic E-state index is 13.3. The van der Waals surface area contributed by atoms with Gasteiger partial charge in [-0.05, 0) is 35.4 Å². The Bertz CT molecular complexity index is 766. The molecule has 0 aliphatic heterocycles. The molecule has 0 radical (unpaired) electrons. The predicted octanol–water partition coefficient (Wildman–Crippen LogP) is 3.56. The van der Waals surface area contributed by atoms with Gasteiger partial charge in [-0.25, -0.2) is 8.78 Å². The standard InChI is InChI=1S/C16H12F2N2/c17-13-7-6-10(9-14(13)18)16(19)12-3-1-5-15-11(12)4-2-8-20-15/h1-9,16H,19H2. The third-order valence-corrected chi connectivity index (χ3v) is 3.32. The summed E-state index contributed by atoms with van der Waals surface area (Å²) >= 11 is 0. The molecule has 2 nitrogen and oxygen atoms in total. The zero-order valence-corrected chi connectivity index (χ0v) is 10.6. The minimum Gasteiger partial charge on any atom is -0.320 e. The van der Waals surface area contributed by atoms with E-state index < -0.39 is 17.7 Å². The first-order valence-corrected chi connectivity index (χ1v) is 6.21. The van der Waals surface area contributed by atoms with Crippen LogP contribution in [0.3, 0.4) is 0 Å². The van der Waals surface area contributed by atoms with Crippen molar-refractivity contribution in [2.75, 3.05) is 0 Å². The topological polar surface area (TPSA) is 38.9 Å². The molecule has 2 N–H and O–H groups in total. The number of nitrogens with zero attached hydrogens (tertiary/aromatic N) is 1. The number of aromatic nitrogens is 1. The predicted molar refractivity (Wildman–Crippen MR) is 74.1 cm³/mol. The van der Waals surface area contributed by atoms with Crippen LogP contribution in [0, 0.1) is 11.6 Å². The highest BCUT2D eigenvalue weighted by atomic mass is 19.2. The fourth-order valence-corrected chi connectivity index (χ4v) is 2.28. The number of rotatable bonds is 2. The van der Waals surface area contributed by atoms with Gasteiger partial charge in [0.2, 0.25) is 0 Å². The van der Waals surface area contributed by atoms with Crippen molar-refractivity contribution in [2.24, 2.45) is 5.73 Å². The van der Waals surface area contributed by atoms with Gasteiger partial charge in [0.15, 0.2) is 11.6 Å². The highest BCUT2D eigenvalue weighted by Crippen LogP contribution is 2.27. The lowest BCUT2D eigenvalue weighted by atomic mass is 9.96. The Labute approximate surface area is 114 Å². The number of hydrogen-bond donors (Lipinski definition) is 1. The summed E-state index contributed by atoms with van der Waals surface area (Å²) in [5.74, 6) is -1.77. The van der Waals surface area contributed by atoms with Crippen molar-refractivity contribution in [3.63, 3.8) is 0 Å². The highest BCUT2D eigenvalue weighted by molar-refractivity contribution is 5.82. The van der Waals surface area contributed by atoms with E-state index >= 15 is 0 Å². The van der Waals surface area contributed by atoms with E-state index in [1.807, 2.05) is 30.3 Å². The van der Waals surface area contributed by atoms with E-state index in [1.165, 1.54) is 6.07 Å². The van der Waals surface area contributed by atoms with Crippen LogP contribution in [0.5, 0.6) is 0 Å². The molecular weight excluding hydrogens is 258 g/mol. The molecule has 3 aromatic rings. The molecule has 2 aromatic carbocycles. The van der Waals surface area contributed by atoms with Gasteiger partial charge < -0.3 is 5.73 Å². The Morgan fingerprint density at radius 1 is 0.950 bits per heavy atom. The third-order valence-electron chi connectivity index (χ3n) is 3.32. The van der Waals surface area contributed by atoms with E-state index in [2.05, 4.69) is 4.98 Å². The summed E-state index contributed by atoms with van der Waals surface area (Å²) in [6, 6.07) is 12.5. The minimum absolute atomic E-state index is 0.528. The van der Waals surface area contributed by atoms with Crippen LogP contribution in [0.25, 0.3) is 10.9 Å². The monoisotopic (exact) mass is 270 g/mol. The van der Waals surface area contributed by atoms with E-state index in [0.29, 0.717) is 5.56 Å². The fourth-order valence-electron chi connectivity index (χ4n) is 2.28. The number of benzene rings is 2. The van der Waals surface area contributed by atoms with Crippen LogP contribution in [-0.2, 0) is 0 Å². The molecule has 1 unspecified atom stereocenters. The van der Waals surface area contributed by atoms with Crippen LogP contribution < -0.4 is 5.73 Å². The van der Waals surface area contributed by atoms with Crippen molar-refractivity contribution in [1.29, 1.82) is 0 Å². The summed E-state index contributed by atoms with van der Waals surface area (Å²) in [7, 11) is 0. The second-order valence-electron chi connectivity index (χ2n) is 4.57. The van der Waals surface area contributed by atoms with Crippen LogP contribution in [0.4, 0.5) is 8.78 Å². The van der Waals surface area contributed by atoms with Gasteiger partial charge >= 0.3 is 0 Å². The van der Waals surface area contributed by atoms with E-state index in [0.717, 1.165) is 28.6 Å². The molecule has 0 saturated carbocycles. The second-order valence-corrected chi connectivity index (χ2v) is 4.57. The smallest absolute Gasteiger partial charge is 0.159 e. The largest absolute Gasteiger partial charge is 0.320 e. The molecule has 20 heavy (non-hydrogen) atoms. The van der Waals surface area contributed by atoms with Crippen molar-refractivity contribution in [3.8, 4) is 0 Å². The highest BCUT2D eigenvalue weighted by Gasteiger charge is 2.14. The van der Waals surface area contributed by atoms with Crippen molar-refractivity contribution in [1.82, 2.24) is 4.98 Å². The van der Waals surface area contributed by atoms with Gasteiger partial charge in [0.05, 0.1) is 11.6 Å². The van der Waals surface area contributed by atoms with Gasteiger partial charge in [0.1, 0.15) is 0 Å². The van der Waals surface area contributed by atoms with Crippen LogP contribution in [0.2, 0.25) is 0 Å². The first-order valence-electron chi connectivity index (χ1n) is 6.21. The van der Waals surface area contributed by atoms with Crippen LogP contribution in [0.1, 0.15) is 17.2 Å². The van der Waals surface area contributed by atoms with Gasteiger partial charge in [0, 0.05) is 11.6 Å². The lowest BCUT2D eigenvalue weighted by Crippen LogP contribution is -2.13. The lowest BCUT2D eigenvalue weighted by Gasteiger charge is -2.15. The summed E-state index contributed by atoms with van der Waals surface area (Å²) in [5, 5.41) is 0.909. The molecule has 0 amide bonds. The number of hydrogen-bond acceptors (Lipinski definition) is 2. The average molecular weight is 270 g/mol. The van der Waals surface area contributed by atoms with Crippen molar-refractivity contribution in [2.45, 2.75) is 6.04 Å². The van der Waals surface area contributed by atoms with Gasteiger partial charge in [-0.3, -0.25) is 4.98 Å². The van der Waals surface area contributed by atoms with Crippen molar-refractivity contribution < 1.29 is 8.78 Å². The summed E-state index contributed by atoms with van der Waals surface area (Å²) < 4.78 is 26.3. The Morgan fingerprint density at radius 2 is 1.80 bits per heavy atom. The molecule has 4 heteroatoms. The minimum atomic E-state index is -0.892. The van der Waals surface area contributed by atoms with E-state index in [4.69, 9.17) is 5.73 Å². The first-order chi connectivity index (χ1) is 9.66. The maximum Gasteiger partial charge on any atom is 0.159 e. The summed E-state index contributed by atoms with van der Waals surface area (Å²) in [6.07, 6.45) is 1.70. The van der Waals surface area contributed by atoms with Gasteiger partial charge in [0.25, 0.3) is 0 Å². The second kappa shape index (κ2) is 4.98. The van der Waals surface area contributed by atoms with Crippen LogP contribution >= 0.6 is 0 Å². The Balaban J connectivity index is 2.12. The normalized spacial score (nSPS) is 12.6. The molecule has 0 aliphatic carbocycles. The van der Waals surface area contributed by atoms with Crippen molar-refractivity contribution in [3.05, 3.63) is 77.5 Å². The Kier molecular flexibility index (Phi) is 3.16. The number of pyridine rings is 1. The van der Waals surface area contributed by atoms with E-state index in [1.54, 1.807) is 6.20 Å². The first kappa shape index (κ1) is 12.7. The Morgan fingerprint density at radius 3 is 2.60 bits per heavy atom. The SMILES string of the molecule is NC(c1ccc(F)c(F)c1)c1cccc2ncccc12. The maximum absolute atomic E-state index is 13.3. The summed E-state index contributed by atoms with van der Waals surface area (Å²) in [6.45, 7) is 0. The molecule has 1 aromatic heterocycles. The molecule has 0 spiro atoms. The summed E-state index contributed by atoms with van der Waals surface area (Å²) in [4.78, 5) is 4.26. The molecular formula is C16H12F2N2. The van der Waals surface area contributed by atoms with Crippen LogP contribution in [-0.4, -0.2) is 4.98 Å². The molecule has 0 saturated heterocycles. The quantitative estimate of drug-likeness (QED) is 0.773. The zero-order valence-electron chi connectivity index (χ0n) is 10.6. The molecule has 1 heterocycles. The van der Waals surface area contributed by atoms with Gasteiger partial charge in [-0.2, -0.15) is 0 Å². The van der Waals surface area contributed by atoms with Crippen molar-refractivity contribution >= 4 is 10.9 Å².